The summed E-state index contributed by atoms with van der Waals surface area (Å²) in [6.45, 7) is 2.08. The molecular formula is C25H21BrN4O7S. The summed E-state index contributed by atoms with van der Waals surface area (Å²) in [6.07, 6.45) is 2.63. The molecule has 4 rings (SSSR count). The maximum Gasteiger partial charge on any atom is 0.318 e. The molecule has 2 N–H and O–H groups in total. The highest BCUT2D eigenvalue weighted by Gasteiger charge is 2.28. The Morgan fingerprint density at radius 3 is 2.45 bits per heavy atom. The van der Waals surface area contributed by atoms with Gasteiger partial charge in [-0.05, 0) is 69.9 Å². The molecule has 0 saturated carbocycles. The number of hydrogen-bond acceptors (Lipinski definition) is 9. The van der Waals surface area contributed by atoms with Gasteiger partial charge < -0.3 is 20.1 Å². The lowest BCUT2D eigenvalue weighted by Crippen LogP contribution is -2.30. The number of aryl methyl sites for hydroxylation is 1. The van der Waals surface area contributed by atoms with E-state index >= 15 is 0 Å². The smallest absolute Gasteiger partial charge is 0.318 e. The number of nitro groups is 2. The fourth-order valence-electron chi connectivity index (χ4n) is 3.59. The molecule has 0 unspecified atom stereocenters. The number of carbonyl (C=O) groups is 1. The third kappa shape index (κ3) is 6.06. The van der Waals surface area contributed by atoms with E-state index < -0.39 is 21.2 Å². The van der Waals surface area contributed by atoms with Gasteiger partial charge in [-0.2, -0.15) is 0 Å². The zero-order valence-corrected chi connectivity index (χ0v) is 22.5. The molecule has 1 saturated heterocycles. The van der Waals surface area contributed by atoms with Crippen LogP contribution in [0.15, 0.2) is 64.0 Å². The van der Waals surface area contributed by atoms with Gasteiger partial charge in [0.2, 0.25) is 5.75 Å². The second-order valence-corrected chi connectivity index (χ2v) is 9.98. The SMILES string of the molecule is CCc1ccc(N[C@@H]2NC(=O)/C(=C/c3cc(Br)c(Oc4ccc([N+](=O)[O-])cc4[N+](=O)[O-])c(OC)c3)S2)cc1. The van der Waals surface area contributed by atoms with E-state index in [9.17, 15) is 25.0 Å². The molecule has 1 atom stereocenters. The highest BCUT2D eigenvalue weighted by Crippen LogP contribution is 2.43. The molecule has 0 radical (unpaired) electrons. The molecule has 3 aromatic carbocycles. The summed E-state index contributed by atoms with van der Waals surface area (Å²) in [5.74, 6) is -0.0786. The van der Waals surface area contributed by atoms with E-state index in [2.05, 4.69) is 33.5 Å². The van der Waals surface area contributed by atoms with Crippen LogP contribution < -0.4 is 20.1 Å². The van der Waals surface area contributed by atoms with Crippen LogP contribution in [0.25, 0.3) is 6.08 Å². The summed E-state index contributed by atoms with van der Waals surface area (Å²) in [4.78, 5) is 34.1. The van der Waals surface area contributed by atoms with Crippen molar-refractivity contribution in [1.82, 2.24) is 5.32 Å². The fourth-order valence-corrected chi connectivity index (χ4v) is 5.11. The summed E-state index contributed by atoms with van der Waals surface area (Å²) in [6, 6.07) is 14.3. The summed E-state index contributed by atoms with van der Waals surface area (Å²) < 4.78 is 11.6. The Balaban J connectivity index is 1.56. The molecule has 196 valence electrons. The highest BCUT2D eigenvalue weighted by molar-refractivity contribution is 9.10. The molecule has 0 spiro atoms. The quantitative estimate of drug-likeness (QED) is 0.166. The number of anilines is 1. The molecule has 1 heterocycles. The van der Waals surface area contributed by atoms with Gasteiger partial charge in [0.05, 0.1) is 32.4 Å². The predicted octanol–water partition coefficient (Wildman–Crippen LogP) is 6.23. The third-order valence-corrected chi connectivity index (χ3v) is 7.12. The van der Waals surface area contributed by atoms with Gasteiger partial charge in [-0.15, -0.1) is 0 Å². The molecule has 11 nitrogen and oxygen atoms in total. The number of halogens is 1. The average Bonchev–Trinajstić information content (AvgIpc) is 3.23. The van der Waals surface area contributed by atoms with Crippen LogP contribution in [0.3, 0.4) is 0 Å². The molecule has 38 heavy (non-hydrogen) atoms. The van der Waals surface area contributed by atoms with Crippen LogP contribution in [0.1, 0.15) is 18.1 Å². The van der Waals surface area contributed by atoms with Crippen LogP contribution >= 0.6 is 27.7 Å². The molecule has 0 aliphatic carbocycles. The maximum atomic E-state index is 12.6. The van der Waals surface area contributed by atoms with Crippen LogP contribution in [-0.4, -0.2) is 28.4 Å². The number of amides is 1. The Hall–Kier alpha value is -4.10. The number of methoxy groups -OCH3 is 1. The number of nitrogens with zero attached hydrogens (tertiary/aromatic N) is 2. The van der Waals surface area contributed by atoms with E-state index in [0.29, 0.717) is 14.9 Å². The van der Waals surface area contributed by atoms with Crippen LogP contribution in [0, 0.1) is 20.2 Å². The topological polar surface area (TPSA) is 146 Å². The minimum Gasteiger partial charge on any atom is -0.493 e. The molecule has 1 aliphatic rings. The van der Waals surface area contributed by atoms with Gasteiger partial charge in [0, 0.05) is 11.8 Å². The monoisotopic (exact) mass is 600 g/mol. The Morgan fingerprint density at radius 1 is 1.08 bits per heavy atom. The van der Waals surface area contributed by atoms with E-state index in [1.807, 2.05) is 24.3 Å². The molecule has 0 bridgehead atoms. The van der Waals surface area contributed by atoms with E-state index in [-0.39, 0.29) is 28.7 Å². The fraction of sp³-hybridized carbons (Fsp3) is 0.160. The van der Waals surface area contributed by atoms with Crippen molar-refractivity contribution in [2.24, 2.45) is 0 Å². The van der Waals surface area contributed by atoms with Crippen LogP contribution in [0.5, 0.6) is 17.2 Å². The van der Waals surface area contributed by atoms with Crippen LogP contribution in [0.2, 0.25) is 0 Å². The van der Waals surface area contributed by atoms with E-state index in [0.717, 1.165) is 30.3 Å². The second kappa shape index (κ2) is 11.5. The zero-order valence-electron chi connectivity index (χ0n) is 20.1. The van der Waals surface area contributed by atoms with Gasteiger partial charge in [0.1, 0.15) is 0 Å². The highest BCUT2D eigenvalue weighted by atomic mass is 79.9. The van der Waals surface area contributed by atoms with Crippen molar-refractivity contribution in [3.63, 3.8) is 0 Å². The Kier molecular flexibility index (Phi) is 8.17. The van der Waals surface area contributed by atoms with Crippen LogP contribution in [0.4, 0.5) is 17.1 Å². The first-order valence-electron chi connectivity index (χ1n) is 11.2. The summed E-state index contributed by atoms with van der Waals surface area (Å²) in [5.41, 5.74) is 1.36. The maximum absolute atomic E-state index is 12.6. The Bertz CT molecular complexity index is 1450. The first kappa shape index (κ1) is 26.9. The number of thioether (sulfide) groups is 1. The van der Waals surface area contributed by atoms with Crippen molar-refractivity contribution in [1.29, 1.82) is 0 Å². The van der Waals surface area contributed by atoms with E-state index in [1.54, 1.807) is 18.2 Å². The number of nitrogens with one attached hydrogen (secondary N) is 2. The number of hydrogen-bond donors (Lipinski definition) is 2. The van der Waals surface area contributed by atoms with Gasteiger partial charge in [0.15, 0.2) is 17.0 Å². The van der Waals surface area contributed by atoms with Gasteiger partial charge in [0.25, 0.3) is 11.6 Å². The van der Waals surface area contributed by atoms with Crippen molar-refractivity contribution in [2.75, 3.05) is 12.4 Å². The van der Waals surface area contributed by atoms with Gasteiger partial charge in [-0.25, -0.2) is 0 Å². The van der Waals surface area contributed by atoms with Crippen molar-refractivity contribution in [2.45, 2.75) is 18.8 Å². The first-order valence-corrected chi connectivity index (χ1v) is 12.9. The summed E-state index contributed by atoms with van der Waals surface area (Å²) in [5, 5.41) is 28.7. The van der Waals surface area contributed by atoms with E-state index in [1.165, 1.54) is 24.4 Å². The third-order valence-electron chi connectivity index (χ3n) is 5.50. The van der Waals surface area contributed by atoms with Gasteiger partial charge in [-0.1, -0.05) is 30.8 Å². The van der Waals surface area contributed by atoms with Crippen molar-refractivity contribution in [3.05, 3.63) is 95.3 Å². The summed E-state index contributed by atoms with van der Waals surface area (Å²) in [7, 11) is 1.40. The van der Waals surface area contributed by atoms with Gasteiger partial charge in [-0.3, -0.25) is 25.0 Å². The molecular weight excluding hydrogens is 580 g/mol. The molecule has 1 amide bonds. The molecule has 1 fully saturated rings. The lowest BCUT2D eigenvalue weighted by Gasteiger charge is -2.14. The van der Waals surface area contributed by atoms with Crippen LogP contribution in [-0.2, 0) is 11.2 Å². The van der Waals surface area contributed by atoms with Crippen molar-refractivity contribution in [3.8, 4) is 17.2 Å². The molecule has 13 heteroatoms. The number of nitro benzene ring substituents is 2. The molecule has 0 aromatic heterocycles. The number of ether oxygens (including phenoxy) is 2. The number of benzene rings is 3. The minimum atomic E-state index is -0.764. The predicted molar refractivity (Wildman–Crippen MR) is 147 cm³/mol. The average molecular weight is 601 g/mol. The molecule has 3 aromatic rings. The largest absolute Gasteiger partial charge is 0.493 e. The number of non-ortho nitro benzene ring substituents is 1. The standard InChI is InChI=1S/C25H21BrN4O7S/c1-3-14-4-6-16(7-5-14)27-25-28-24(31)22(38-25)12-15-10-18(26)23(21(11-15)36-2)37-20-9-8-17(29(32)33)13-19(20)30(34)35/h4-13,25,27H,3H2,1-2H3,(H,28,31)/b22-12-/t25-/m1/s1. The Labute approximate surface area is 229 Å². The summed E-state index contributed by atoms with van der Waals surface area (Å²) >= 11 is 4.72. The second-order valence-electron chi connectivity index (χ2n) is 7.98. The lowest BCUT2D eigenvalue weighted by atomic mass is 10.1. The first-order chi connectivity index (χ1) is 18.2. The molecule has 1 aliphatic heterocycles. The zero-order chi connectivity index (χ0) is 27.4. The number of rotatable bonds is 9. The number of carbonyl (C=O) groups excluding carboxylic acids is 1. The van der Waals surface area contributed by atoms with Gasteiger partial charge >= 0.3 is 5.69 Å². The van der Waals surface area contributed by atoms with Crippen molar-refractivity contribution >= 4 is 56.7 Å². The normalized spacial score (nSPS) is 15.7. The van der Waals surface area contributed by atoms with Crippen molar-refractivity contribution < 1.29 is 24.1 Å². The Morgan fingerprint density at radius 2 is 1.82 bits per heavy atom. The minimum absolute atomic E-state index is 0.130. The van der Waals surface area contributed by atoms with E-state index in [4.69, 9.17) is 9.47 Å². The lowest BCUT2D eigenvalue weighted by molar-refractivity contribution is -0.394.